The molecule has 8 aromatic carbocycles. The molecule has 12 rings (SSSR count). The van der Waals surface area contributed by atoms with E-state index in [-0.39, 0.29) is 0 Å². The number of hydrogen-bond acceptors (Lipinski definition) is 3. The fourth-order valence-corrected chi connectivity index (χ4v) is 9.60. The van der Waals surface area contributed by atoms with Crippen molar-refractivity contribution in [2.45, 2.75) is 57.8 Å². The molecule has 0 aliphatic heterocycles. The molecule has 4 heteroatoms. The second-order valence-electron chi connectivity index (χ2n) is 17.0. The molecule has 0 fully saturated rings. The Labute approximate surface area is 393 Å². The molecular weight excluding hydrogens is 821 g/mol. The van der Waals surface area contributed by atoms with Gasteiger partial charge >= 0.3 is 0 Å². The first kappa shape index (κ1) is 42.7. The van der Waals surface area contributed by atoms with Crippen LogP contribution in [0.15, 0.2) is 210 Å². The van der Waals surface area contributed by atoms with Crippen molar-refractivity contribution in [3.8, 4) is 22.3 Å². The molecule has 3 heterocycles. The SMILES string of the molecule is C=CCC.CCCC.Sc1ccc(-c2ccc(N(c3ccc(-c4ccc5oc6ccccc6c5c4)cc3)c3cccc4c5cccc6c7ccccc7n(c34)c65)cc2)cc1C1=CCCC=C1. The van der Waals surface area contributed by atoms with Gasteiger partial charge in [-0.1, -0.05) is 161 Å². The zero-order valence-corrected chi connectivity index (χ0v) is 38.9. The molecule has 1 aliphatic carbocycles. The summed E-state index contributed by atoms with van der Waals surface area (Å²) in [5.74, 6) is 0. The van der Waals surface area contributed by atoms with Crippen LogP contribution in [-0.4, -0.2) is 4.40 Å². The third-order valence-electron chi connectivity index (χ3n) is 12.8. The van der Waals surface area contributed by atoms with Gasteiger partial charge in [0.05, 0.1) is 22.2 Å². The molecular formula is C62H54N2OS. The van der Waals surface area contributed by atoms with Crippen molar-refractivity contribution in [3.05, 3.63) is 206 Å². The Bertz CT molecular complexity index is 3570. The second kappa shape index (κ2) is 18.7. The molecule has 0 saturated heterocycles. The van der Waals surface area contributed by atoms with Crippen molar-refractivity contribution >= 4 is 95.3 Å². The van der Waals surface area contributed by atoms with Crippen molar-refractivity contribution in [1.29, 1.82) is 0 Å². The van der Waals surface area contributed by atoms with Gasteiger partial charge in [-0.25, -0.2) is 0 Å². The molecule has 0 spiro atoms. The van der Waals surface area contributed by atoms with E-state index in [1.165, 1.54) is 73.2 Å². The standard InChI is InChI=1S/C54H36N2OS.C4H10.C4H8/c58-52-31-25-38(32-46(52)36-10-2-1-3-11-36)35-22-28-40(29-23-35)55(39-26-20-34(21-27-39)37-24-30-51-47(33-37)42-13-5-7-19-50(42)57-51)49-18-9-16-45-44-15-8-14-43-41-12-4-6-17-48(41)56(53(43)44)54(45)49;2*1-3-4-2/h2,4-33,58H,1,3H2;3-4H2,1-2H3;3H,1,4H2,2H3. The lowest BCUT2D eigenvalue weighted by Gasteiger charge is -2.27. The predicted molar refractivity (Wildman–Crippen MR) is 289 cm³/mol. The topological polar surface area (TPSA) is 20.8 Å². The maximum Gasteiger partial charge on any atom is 0.135 e. The number of hydrogen-bond donors (Lipinski definition) is 1. The van der Waals surface area contributed by atoms with Crippen LogP contribution in [0.1, 0.15) is 58.4 Å². The summed E-state index contributed by atoms with van der Waals surface area (Å²) >= 11 is 4.85. The summed E-state index contributed by atoms with van der Waals surface area (Å²) in [6.45, 7) is 9.90. The Morgan fingerprint density at radius 3 is 1.79 bits per heavy atom. The van der Waals surface area contributed by atoms with Crippen molar-refractivity contribution in [1.82, 2.24) is 4.40 Å². The number of anilines is 3. The van der Waals surface area contributed by atoms with E-state index in [4.69, 9.17) is 17.0 Å². The molecule has 0 saturated carbocycles. The highest BCUT2D eigenvalue weighted by atomic mass is 32.1. The summed E-state index contributed by atoms with van der Waals surface area (Å²) in [5, 5.41) is 7.33. The number of allylic oxidation sites excluding steroid dienone is 5. The van der Waals surface area contributed by atoms with E-state index in [1.54, 1.807) is 0 Å². The van der Waals surface area contributed by atoms with Crippen LogP contribution >= 0.6 is 12.6 Å². The predicted octanol–water partition coefficient (Wildman–Crippen LogP) is 19.0. The van der Waals surface area contributed by atoms with Crippen LogP contribution < -0.4 is 4.90 Å². The molecule has 0 N–H and O–H groups in total. The number of benzene rings is 8. The normalized spacial score (nSPS) is 12.4. The monoisotopic (exact) mass is 874 g/mol. The molecule has 0 radical (unpaired) electrons. The van der Waals surface area contributed by atoms with E-state index in [0.717, 1.165) is 74.3 Å². The third-order valence-corrected chi connectivity index (χ3v) is 13.2. The molecule has 3 aromatic heterocycles. The number of nitrogens with zero attached hydrogens (tertiary/aromatic N) is 2. The summed E-state index contributed by atoms with van der Waals surface area (Å²) in [5.41, 5.74) is 15.9. The first-order chi connectivity index (χ1) is 32.5. The molecule has 11 aromatic rings. The molecule has 324 valence electrons. The molecule has 0 amide bonds. The minimum Gasteiger partial charge on any atom is -0.456 e. The van der Waals surface area contributed by atoms with Crippen LogP contribution in [0.25, 0.3) is 87.9 Å². The lowest BCUT2D eigenvalue weighted by Crippen LogP contribution is -2.11. The van der Waals surface area contributed by atoms with Gasteiger partial charge in [-0.15, -0.1) is 19.2 Å². The Kier molecular flexibility index (Phi) is 12.1. The van der Waals surface area contributed by atoms with E-state index in [0.29, 0.717) is 0 Å². The number of thiol groups is 1. The summed E-state index contributed by atoms with van der Waals surface area (Å²) < 4.78 is 8.64. The van der Waals surface area contributed by atoms with Gasteiger partial charge in [-0.3, -0.25) is 0 Å². The largest absolute Gasteiger partial charge is 0.456 e. The van der Waals surface area contributed by atoms with Crippen molar-refractivity contribution in [2.75, 3.05) is 4.90 Å². The van der Waals surface area contributed by atoms with Gasteiger partial charge < -0.3 is 13.7 Å². The summed E-state index contributed by atoms with van der Waals surface area (Å²) in [6, 6.07) is 61.7. The van der Waals surface area contributed by atoms with Gasteiger partial charge in [0.1, 0.15) is 11.2 Å². The van der Waals surface area contributed by atoms with E-state index >= 15 is 0 Å². The molecule has 1 aliphatic rings. The smallest absolute Gasteiger partial charge is 0.135 e. The van der Waals surface area contributed by atoms with E-state index in [1.807, 2.05) is 18.2 Å². The van der Waals surface area contributed by atoms with Gasteiger partial charge in [-0.2, -0.15) is 0 Å². The number of furan rings is 1. The zero-order chi connectivity index (χ0) is 45.1. The van der Waals surface area contributed by atoms with Crippen molar-refractivity contribution in [2.24, 2.45) is 0 Å². The molecule has 0 unspecified atom stereocenters. The fraction of sp³-hybridized carbons (Fsp3) is 0.129. The first-order valence-corrected chi connectivity index (χ1v) is 23.8. The number of aromatic nitrogens is 1. The van der Waals surface area contributed by atoms with Crippen LogP contribution in [0.2, 0.25) is 0 Å². The molecule has 0 atom stereocenters. The minimum absolute atomic E-state index is 0.905. The summed E-state index contributed by atoms with van der Waals surface area (Å²) in [4.78, 5) is 3.42. The van der Waals surface area contributed by atoms with Gasteiger partial charge in [0, 0.05) is 48.6 Å². The van der Waals surface area contributed by atoms with Crippen LogP contribution in [0.4, 0.5) is 17.1 Å². The Hall–Kier alpha value is -7.27. The quantitative estimate of drug-likeness (QED) is 0.121. The summed E-state index contributed by atoms with van der Waals surface area (Å²) in [6.07, 6.45) is 14.5. The average Bonchev–Trinajstić information content (AvgIpc) is 4.05. The van der Waals surface area contributed by atoms with Gasteiger partial charge in [0.25, 0.3) is 0 Å². The van der Waals surface area contributed by atoms with Gasteiger partial charge in [0.15, 0.2) is 0 Å². The highest BCUT2D eigenvalue weighted by Gasteiger charge is 2.23. The third kappa shape index (κ3) is 7.76. The van der Waals surface area contributed by atoms with Crippen molar-refractivity contribution in [3.63, 3.8) is 0 Å². The van der Waals surface area contributed by atoms with Crippen LogP contribution in [-0.2, 0) is 0 Å². The lowest BCUT2D eigenvalue weighted by molar-refractivity contribution is 0.669. The average molecular weight is 875 g/mol. The van der Waals surface area contributed by atoms with E-state index < -0.39 is 0 Å². The maximum atomic E-state index is 6.15. The van der Waals surface area contributed by atoms with E-state index in [9.17, 15) is 0 Å². The van der Waals surface area contributed by atoms with Crippen molar-refractivity contribution < 1.29 is 4.42 Å². The molecule has 0 bridgehead atoms. The van der Waals surface area contributed by atoms with Gasteiger partial charge in [0.2, 0.25) is 0 Å². The Morgan fingerprint density at radius 1 is 0.561 bits per heavy atom. The lowest BCUT2D eigenvalue weighted by atomic mass is 9.95. The Balaban J connectivity index is 0.000000595. The number of fused-ring (bicyclic) bond motifs is 9. The highest BCUT2D eigenvalue weighted by molar-refractivity contribution is 7.80. The van der Waals surface area contributed by atoms with Gasteiger partial charge in [-0.05, 0) is 119 Å². The highest BCUT2D eigenvalue weighted by Crippen LogP contribution is 2.46. The fourth-order valence-electron chi connectivity index (χ4n) is 9.33. The summed E-state index contributed by atoms with van der Waals surface area (Å²) in [7, 11) is 0. The zero-order valence-electron chi connectivity index (χ0n) is 38.0. The van der Waals surface area contributed by atoms with Crippen LogP contribution in [0, 0.1) is 0 Å². The van der Waals surface area contributed by atoms with Crippen LogP contribution in [0.5, 0.6) is 0 Å². The number of rotatable bonds is 8. The molecule has 66 heavy (non-hydrogen) atoms. The number of unbranched alkanes of at least 4 members (excludes halogenated alkanes) is 1. The minimum atomic E-state index is 0.905. The second-order valence-corrected chi connectivity index (χ2v) is 17.5. The first-order valence-electron chi connectivity index (χ1n) is 23.4. The molecule has 3 nitrogen and oxygen atoms in total. The Morgan fingerprint density at radius 2 is 1.12 bits per heavy atom. The van der Waals surface area contributed by atoms with Crippen LogP contribution in [0.3, 0.4) is 0 Å². The maximum absolute atomic E-state index is 6.15. The number of para-hydroxylation sites is 4. The van der Waals surface area contributed by atoms with E-state index in [2.05, 4.69) is 213 Å².